The summed E-state index contributed by atoms with van der Waals surface area (Å²) in [6, 6.07) is 29.9. The number of hydrogen-bond donors (Lipinski definition) is 0. The first-order chi connectivity index (χ1) is 21.7. The summed E-state index contributed by atoms with van der Waals surface area (Å²) in [5.41, 5.74) is 11.7. The van der Waals surface area contributed by atoms with E-state index in [1.165, 1.54) is 44.2 Å². The predicted molar refractivity (Wildman–Crippen MR) is 185 cm³/mol. The second-order valence-corrected chi connectivity index (χ2v) is 12.7. The Morgan fingerprint density at radius 1 is 0.733 bits per heavy atom. The minimum Gasteiger partial charge on any atom is -0.457 e. The molecule has 0 aliphatic heterocycles. The van der Waals surface area contributed by atoms with Crippen LogP contribution in [0.1, 0.15) is 41.7 Å². The van der Waals surface area contributed by atoms with Crippen LogP contribution >= 0.6 is 0 Å². The fourth-order valence-corrected chi connectivity index (χ4v) is 6.69. The number of nitrogens with zero attached hydrogens (tertiary/aromatic N) is 4. The first kappa shape index (κ1) is 28.6. The normalized spacial score (nSPS) is 11.6. The van der Waals surface area contributed by atoms with Crippen LogP contribution in [0, 0.1) is 33.6 Å². The van der Waals surface area contributed by atoms with Gasteiger partial charge in [-0.25, -0.2) is 9.67 Å². The second kappa shape index (κ2) is 11.4. The molecule has 0 spiro atoms. The lowest BCUT2D eigenvalue weighted by atomic mass is 9.96. The summed E-state index contributed by atoms with van der Waals surface area (Å²) in [5, 5.41) is 7.16. The SMILES string of the molecule is Cc1ccnc(-n2c3ccccc3c3ccc(Oc4cc(CC(C)C)cc(-n5cc(-c6c(C)cc(C)cc6C)cn5)c4)cc32)c1. The van der Waals surface area contributed by atoms with Crippen molar-refractivity contribution in [1.82, 2.24) is 19.3 Å². The van der Waals surface area contributed by atoms with Crippen LogP contribution in [0.5, 0.6) is 11.5 Å². The van der Waals surface area contributed by atoms with Gasteiger partial charge >= 0.3 is 0 Å². The molecule has 0 saturated heterocycles. The molecule has 5 nitrogen and oxygen atoms in total. The maximum absolute atomic E-state index is 6.65. The lowest BCUT2D eigenvalue weighted by Gasteiger charge is -2.13. The van der Waals surface area contributed by atoms with Gasteiger partial charge in [0.15, 0.2) is 0 Å². The monoisotopic (exact) mass is 590 g/mol. The number of ether oxygens (including phenoxy) is 1. The van der Waals surface area contributed by atoms with E-state index in [0.29, 0.717) is 5.92 Å². The molecule has 0 unspecified atom stereocenters. The van der Waals surface area contributed by atoms with Crippen LogP contribution in [0.3, 0.4) is 0 Å². The maximum atomic E-state index is 6.65. The molecule has 0 amide bonds. The number of hydrogen-bond acceptors (Lipinski definition) is 3. The Morgan fingerprint density at radius 2 is 1.51 bits per heavy atom. The molecule has 4 aromatic carbocycles. The fourth-order valence-electron chi connectivity index (χ4n) is 6.69. The van der Waals surface area contributed by atoms with E-state index < -0.39 is 0 Å². The van der Waals surface area contributed by atoms with Gasteiger partial charge in [-0.1, -0.05) is 49.7 Å². The summed E-state index contributed by atoms with van der Waals surface area (Å²) < 4.78 is 10.8. The molecule has 0 bridgehead atoms. The first-order valence-electron chi connectivity index (χ1n) is 15.6. The van der Waals surface area contributed by atoms with E-state index in [1.807, 2.05) is 23.1 Å². The molecule has 0 radical (unpaired) electrons. The Hall–Kier alpha value is -5.16. The van der Waals surface area contributed by atoms with Crippen LogP contribution in [0.25, 0.3) is 44.4 Å². The topological polar surface area (TPSA) is 44.9 Å². The van der Waals surface area contributed by atoms with E-state index in [-0.39, 0.29) is 0 Å². The standard InChI is InChI=1S/C40H38N4O/c1-25(2)15-30-19-32(43-24-31(23-42-43)40-28(5)16-27(4)17-29(40)6)21-34(20-30)45-33-11-12-36-35-9-7-8-10-37(35)44(38(36)22-33)39-18-26(3)13-14-41-39/h7-14,16-25H,15H2,1-6H3. The maximum Gasteiger partial charge on any atom is 0.137 e. The Morgan fingerprint density at radius 3 is 2.29 bits per heavy atom. The molecule has 45 heavy (non-hydrogen) atoms. The molecular formula is C40H38N4O. The van der Waals surface area contributed by atoms with Crippen LogP contribution < -0.4 is 4.74 Å². The van der Waals surface area contributed by atoms with Crippen molar-refractivity contribution in [3.8, 4) is 34.1 Å². The highest BCUT2D eigenvalue weighted by Crippen LogP contribution is 2.36. The largest absolute Gasteiger partial charge is 0.457 e. The third kappa shape index (κ3) is 5.51. The number of rotatable bonds is 7. The van der Waals surface area contributed by atoms with Gasteiger partial charge in [0.25, 0.3) is 0 Å². The number of pyridine rings is 1. The fraction of sp³-hybridized carbons (Fsp3) is 0.200. The lowest BCUT2D eigenvalue weighted by molar-refractivity contribution is 0.481. The number of para-hydroxylation sites is 1. The van der Waals surface area contributed by atoms with Crippen molar-refractivity contribution in [1.29, 1.82) is 0 Å². The van der Waals surface area contributed by atoms with Crippen molar-refractivity contribution in [3.05, 3.63) is 131 Å². The lowest BCUT2D eigenvalue weighted by Crippen LogP contribution is -2.00. The molecule has 7 aromatic rings. The zero-order valence-corrected chi connectivity index (χ0v) is 26.8. The van der Waals surface area contributed by atoms with Crippen LogP contribution in [0.15, 0.2) is 104 Å². The van der Waals surface area contributed by atoms with Crippen molar-refractivity contribution >= 4 is 21.8 Å². The Kier molecular flexibility index (Phi) is 7.25. The number of aryl methyl sites for hydroxylation is 4. The zero-order chi connectivity index (χ0) is 31.2. The van der Waals surface area contributed by atoms with E-state index in [9.17, 15) is 0 Å². The Labute approximate surface area is 264 Å². The van der Waals surface area contributed by atoms with E-state index in [2.05, 4.69) is 131 Å². The molecular weight excluding hydrogens is 552 g/mol. The molecule has 5 heteroatoms. The van der Waals surface area contributed by atoms with Gasteiger partial charge in [0.2, 0.25) is 0 Å². The van der Waals surface area contributed by atoms with Gasteiger partial charge in [0.1, 0.15) is 17.3 Å². The molecule has 0 N–H and O–H groups in total. The summed E-state index contributed by atoms with van der Waals surface area (Å²) in [4.78, 5) is 4.73. The molecule has 0 fully saturated rings. The summed E-state index contributed by atoms with van der Waals surface area (Å²) >= 11 is 0. The number of aromatic nitrogens is 4. The van der Waals surface area contributed by atoms with E-state index >= 15 is 0 Å². The molecule has 0 aliphatic rings. The van der Waals surface area contributed by atoms with Gasteiger partial charge in [-0.15, -0.1) is 0 Å². The molecule has 0 saturated carbocycles. The van der Waals surface area contributed by atoms with E-state index in [1.54, 1.807) is 0 Å². The van der Waals surface area contributed by atoms with Crippen LogP contribution in [0.2, 0.25) is 0 Å². The van der Waals surface area contributed by atoms with Crippen LogP contribution in [-0.4, -0.2) is 19.3 Å². The molecule has 7 rings (SSSR count). The minimum atomic E-state index is 0.507. The Balaban J connectivity index is 1.30. The first-order valence-corrected chi connectivity index (χ1v) is 15.6. The molecule has 0 atom stereocenters. The van der Waals surface area contributed by atoms with Crippen molar-refractivity contribution in [2.45, 2.75) is 48.0 Å². The highest BCUT2D eigenvalue weighted by molar-refractivity contribution is 6.09. The van der Waals surface area contributed by atoms with E-state index in [0.717, 1.165) is 46.0 Å². The highest BCUT2D eigenvalue weighted by Gasteiger charge is 2.16. The molecule has 0 aliphatic carbocycles. The zero-order valence-electron chi connectivity index (χ0n) is 26.8. The van der Waals surface area contributed by atoms with Crippen LogP contribution in [-0.2, 0) is 6.42 Å². The highest BCUT2D eigenvalue weighted by atomic mass is 16.5. The van der Waals surface area contributed by atoms with Gasteiger partial charge in [0.05, 0.1) is 22.9 Å². The second-order valence-electron chi connectivity index (χ2n) is 12.7. The predicted octanol–water partition coefficient (Wildman–Crippen LogP) is 10.3. The van der Waals surface area contributed by atoms with Crippen molar-refractivity contribution in [2.24, 2.45) is 5.92 Å². The number of benzene rings is 4. The Bertz CT molecular complexity index is 2180. The molecule has 224 valence electrons. The third-order valence-electron chi connectivity index (χ3n) is 8.42. The molecule has 3 aromatic heterocycles. The van der Waals surface area contributed by atoms with E-state index in [4.69, 9.17) is 14.8 Å². The van der Waals surface area contributed by atoms with Crippen molar-refractivity contribution < 1.29 is 4.74 Å². The average molecular weight is 591 g/mol. The van der Waals surface area contributed by atoms with Crippen LogP contribution in [0.4, 0.5) is 0 Å². The van der Waals surface area contributed by atoms with Gasteiger partial charge in [-0.05, 0) is 110 Å². The summed E-state index contributed by atoms with van der Waals surface area (Å²) in [6.07, 6.45) is 6.91. The van der Waals surface area contributed by atoms with Gasteiger partial charge in [0, 0.05) is 40.9 Å². The third-order valence-corrected chi connectivity index (χ3v) is 8.42. The van der Waals surface area contributed by atoms with Crippen molar-refractivity contribution in [2.75, 3.05) is 0 Å². The summed E-state index contributed by atoms with van der Waals surface area (Å²) in [5.74, 6) is 2.97. The van der Waals surface area contributed by atoms with Crippen molar-refractivity contribution in [3.63, 3.8) is 0 Å². The number of fused-ring (bicyclic) bond motifs is 3. The van der Waals surface area contributed by atoms with Gasteiger partial charge < -0.3 is 4.74 Å². The average Bonchev–Trinajstić information content (AvgIpc) is 3.59. The van der Waals surface area contributed by atoms with Gasteiger partial charge in [-0.3, -0.25) is 4.57 Å². The minimum absolute atomic E-state index is 0.507. The smallest absolute Gasteiger partial charge is 0.137 e. The quantitative estimate of drug-likeness (QED) is 0.186. The summed E-state index contributed by atoms with van der Waals surface area (Å²) in [7, 11) is 0. The summed E-state index contributed by atoms with van der Waals surface area (Å²) in [6.45, 7) is 13.1. The molecule has 3 heterocycles. The van der Waals surface area contributed by atoms with Gasteiger partial charge in [-0.2, -0.15) is 5.10 Å².